The Hall–Kier alpha value is -4.31. The quantitative estimate of drug-likeness (QED) is 0.294. The van der Waals surface area contributed by atoms with E-state index in [2.05, 4.69) is 26.7 Å². The number of nitrogens with one attached hydrogen (secondary N) is 2. The van der Waals surface area contributed by atoms with E-state index in [1.165, 1.54) is 6.08 Å². The average Bonchev–Trinajstić information content (AvgIpc) is 3.26. The average molecular weight is 458 g/mol. The molecule has 0 fully saturated rings. The maximum Gasteiger partial charge on any atom is 0.207 e. The molecule has 6 nitrogen and oxygen atoms in total. The van der Waals surface area contributed by atoms with Gasteiger partial charge in [-0.2, -0.15) is 4.99 Å². The lowest BCUT2D eigenvalue weighted by atomic mass is 10.1. The molecule has 3 aliphatic rings. The molecule has 1 aliphatic heterocycles. The molecule has 0 bridgehead atoms. The van der Waals surface area contributed by atoms with Crippen LogP contribution in [0.15, 0.2) is 117 Å². The van der Waals surface area contributed by atoms with Crippen LogP contribution in [0.5, 0.6) is 0 Å². The first-order valence-electron chi connectivity index (χ1n) is 10.9. The number of nitrogens with zero attached hydrogens (tertiary/aromatic N) is 2. The molecule has 0 aromatic carbocycles. The first kappa shape index (κ1) is 24.3. The summed E-state index contributed by atoms with van der Waals surface area (Å²) < 4.78 is 20.7. The number of rotatable bonds is 7. The van der Waals surface area contributed by atoms with Gasteiger partial charge < -0.3 is 21.1 Å². The third kappa shape index (κ3) is 7.68. The van der Waals surface area contributed by atoms with E-state index in [0.29, 0.717) is 37.3 Å². The van der Waals surface area contributed by atoms with Crippen molar-refractivity contribution in [3.8, 4) is 12.5 Å². The van der Waals surface area contributed by atoms with E-state index in [9.17, 15) is 4.39 Å². The van der Waals surface area contributed by atoms with Crippen molar-refractivity contribution < 1.29 is 9.13 Å². The van der Waals surface area contributed by atoms with Crippen molar-refractivity contribution in [2.24, 2.45) is 15.7 Å². The zero-order chi connectivity index (χ0) is 24.2. The van der Waals surface area contributed by atoms with E-state index >= 15 is 0 Å². The van der Waals surface area contributed by atoms with Crippen molar-refractivity contribution in [1.29, 1.82) is 0 Å². The third-order valence-electron chi connectivity index (χ3n) is 4.94. The number of aliphatic imine (C=N–C) groups is 2. The second kappa shape index (κ2) is 12.7. The molecule has 0 aromatic heterocycles. The molecule has 0 amide bonds. The maximum absolute atomic E-state index is 14.9. The molecule has 1 heterocycles. The van der Waals surface area contributed by atoms with Gasteiger partial charge in [0.2, 0.25) is 5.96 Å². The number of hydrogen-bond acceptors (Lipinski definition) is 4. The second-order valence-corrected chi connectivity index (χ2v) is 7.48. The molecule has 0 atom stereocenters. The summed E-state index contributed by atoms with van der Waals surface area (Å²) in [5.74, 6) is 0.504. The normalized spacial score (nSPS) is 18.6. The highest BCUT2D eigenvalue weighted by Crippen LogP contribution is 2.24. The van der Waals surface area contributed by atoms with Gasteiger partial charge in [0.05, 0.1) is 0 Å². The topological polar surface area (TPSA) is 84.0 Å². The molecule has 0 spiro atoms. The molecule has 0 unspecified atom stereocenters. The Morgan fingerprint density at radius 1 is 1.26 bits per heavy atom. The molecule has 34 heavy (non-hydrogen) atoms. The first-order valence-corrected chi connectivity index (χ1v) is 10.9. The Labute approximate surface area is 200 Å². The van der Waals surface area contributed by atoms with Crippen molar-refractivity contribution >= 4 is 12.2 Å². The summed E-state index contributed by atoms with van der Waals surface area (Å²) in [6.07, 6.45) is 29.2. The van der Waals surface area contributed by atoms with Crippen LogP contribution in [0.25, 0.3) is 0 Å². The van der Waals surface area contributed by atoms with Gasteiger partial charge in [-0.1, -0.05) is 49.0 Å². The van der Waals surface area contributed by atoms with Crippen LogP contribution in [-0.2, 0) is 4.74 Å². The molecular formula is C27H28FN5O. The van der Waals surface area contributed by atoms with E-state index in [1.807, 2.05) is 55.5 Å². The van der Waals surface area contributed by atoms with E-state index in [4.69, 9.17) is 16.9 Å². The third-order valence-corrected chi connectivity index (χ3v) is 4.94. The fourth-order valence-electron chi connectivity index (χ4n) is 3.24. The van der Waals surface area contributed by atoms with Crippen molar-refractivity contribution in [2.75, 3.05) is 6.54 Å². The monoisotopic (exact) mass is 457 g/mol. The summed E-state index contributed by atoms with van der Waals surface area (Å²) >= 11 is 0. The van der Waals surface area contributed by atoms with Gasteiger partial charge in [0.25, 0.3) is 0 Å². The van der Waals surface area contributed by atoms with Gasteiger partial charge in [-0.05, 0) is 43.6 Å². The lowest BCUT2D eigenvalue weighted by Gasteiger charge is -2.13. The minimum absolute atomic E-state index is 0.125. The van der Waals surface area contributed by atoms with Crippen LogP contribution in [0.2, 0.25) is 0 Å². The van der Waals surface area contributed by atoms with Crippen LogP contribution >= 0.6 is 0 Å². The number of hydrogen-bond donors (Lipinski definition) is 3. The molecule has 174 valence electrons. The molecule has 7 heteroatoms. The van der Waals surface area contributed by atoms with Gasteiger partial charge in [0, 0.05) is 48.4 Å². The standard InChI is InChI=1S/C27H28FN5O/c1-3-30-27(29)33-25(21-9-6-4-5-7-10-21)16-18-32-22-11-8-12-26(24(28)19-22)34-23-14-13-20(2)31-17-15-23/h1,4-7,9,11-13,15-17,19,32H,8,10,14,18H2,2H3,(H3,29,30,33)/b25-16-. The summed E-state index contributed by atoms with van der Waals surface area (Å²) in [7, 11) is 0. The van der Waals surface area contributed by atoms with E-state index in [1.54, 1.807) is 18.4 Å². The number of halogens is 1. The molecule has 3 rings (SSSR count). The minimum Gasteiger partial charge on any atom is -0.459 e. The number of allylic oxidation sites excluding steroid dienone is 13. The Bertz CT molecular complexity index is 1160. The predicted molar refractivity (Wildman–Crippen MR) is 137 cm³/mol. The van der Waals surface area contributed by atoms with E-state index in [0.717, 1.165) is 17.0 Å². The highest BCUT2D eigenvalue weighted by Gasteiger charge is 2.13. The van der Waals surface area contributed by atoms with Crippen LogP contribution in [0.4, 0.5) is 4.39 Å². The number of terminal acetylenes is 1. The zero-order valence-corrected chi connectivity index (χ0v) is 19.1. The number of guanidine groups is 1. The minimum atomic E-state index is -0.450. The summed E-state index contributed by atoms with van der Waals surface area (Å²) in [6, 6.07) is 2.17. The lowest BCUT2D eigenvalue weighted by molar-refractivity contribution is 0.289. The smallest absolute Gasteiger partial charge is 0.207 e. The van der Waals surface area contributed by atoms with Crippen LogP contribution < -0.4 is 16.4 Å². The highest BCUT2D eigenvalue weighted by molar-refractivity contribution is 5.81. The fraction of sp³-hybridized carbons (Fsp3) is 0.185. The van der Waals surface area contributed by atoms with E-state index < -0.39 is 5.83 Å². The molecule has 0 saturated carbocycles. The molecule has 4 N–H and O–H groups in total. The van der Waals surface area contributed by atoms with Gasteiger partial charge in [-0.15, -0.1) is 0 Å². The van der Waals surface area contributed by atoms with Gasteiger partial charge in [0.1, 0.15) is 5.76 Å². The first-order chi connectivity index (χ1) is 16.5. The Morgan fingerprint density at radius 3 is 3.00 bits per heavy atom. The summed E-state index contributed by atoms with van der Waals surface area (Å²) in [5, 5.41) is 6.28. The van der Waals surface area contributed by atoms with Crippen molar-refractivity contribution in [1.82, 2.24) is 10.6 Å². The molecule has 0 radical (unpaired) electrons. The SMILES string of the molecule is C#CN=C(N)N/C(=C\CNC1=CCC=C(OC2=CC=NC(C)=CC2)C(F)=C1)C1=CC=CC=CC1. The van der Waals surface area contributed by atoms with Crippen LogP contribution in [0.3, 0.4) is 0 Å². The van der Waals surface area contributed by atoms with Crippen LogP contribution in [-0.4, -0.2) is 18.7 Å². The summed E-state index contributed by atoms with van der Waals surface area (Å²) in [5.41, 5.74) is 9.19. The van der Waals surface area contributed by atoms with Crippen LogP contribution in [0, 0.1) is 12.5 Å². The predicted octanol–water partition coefficient (Wildman–Crippen LogP) is 4.70. The molecule has 0 saturated heterocycles. The Balaban J connectivity index is 1.66. The zero-order valence-electron chi connectivity index (χ0n) is 19.1. The highest BCUT2D eigenvalue weighted by atomic mass is 19.1. The Kier molecular flexibility index (Phi) is 9.06. The fourth-order valence-corrected chi connectivity index (χ4v) is 3.24. The molecular weight excluding hydrogens is 429 g/mol. The summed E-state index contributed by atoms with van der Waals surface area (Å²) in [4.78, 5) is 7.96. The second-order valence-electron chi connectivity index (χ2n) is 7.48. The van der Waals surface area contributed by atoms with Crippen molar-refractivity contribution in [3.05, 3.63) is 107 Å². The maximum atomic E-state index is 14.9. The van der Waals surface area contributed by atoms with E-state index in [-0.39, 0.29) is 11.7 Å². The van der Waals surface area contributed by atoms with Crippen molar-refractivity contribution in [2.45, 2.75) is 26.2 Å². The molecule has 0 aromatic rings. The summed E-state index contributed by atoms with van der Waals surface area (Å²) in [6.45, 7) is 2.33. The van der Waals surface area contributed by atoms with Crippen LogP contribution in [0.1, 0.15) is 26.2 Å². The number of nitrogens with two attached hydrogens (primary N) is 1. The van der Waals surface area contributed by atoms with Gasteiger partial charge >= 0.3 is 0 Å². The van der Waals surface area contributed by atoms with Gasteiger partial charge in [0.15, 0.2) is 11.6 Å². The van der Waals surface area contributed by atoms with Gasteiger partial charge in [-0.25, -0.2) is 4.39 Å². The number of ether oxygens (including phenoxy) is 1. The molecule has 2 aliphatic carbocycles. The largest absolute Gasteiger partial charge is 0.459 e. The Morgan fingerprint density at radius 2 is 2.15 bits per heavy atom. The lowest BCUT2D eigenvalue weighted by Crippen LogP contribution is -2.32. The van der Waals surface area contributed by atoms with Crippen molar-refractivity contribution in [3.63, 3.8) is 0 Å². The van der Waals surface area contributed by atoms with Gasteiger partial charge in [-0.3, -0.25) is 4.99 Å².